The van der Waals surface area contributed by atoms with Crippen molar-refractivity contribution in [3.8, 4) is 0 Å². The first-order chi connectivity index (χ1) is 6.79. The second-order valence-corrected chi connectivity index (χ2v) is 3.08. The molecule has 2 rings (SSSR count). The molecular formula is C12H11ClZn. The second-order valence-electron chi connectivity index (χ2n) is 3.08. The first-order valence-electron chi connectivity index (χ1n) is 4.36. The standard InChI is InChI=1S/C12H11.ClH.Zn/c1-9-7-8-11-5-3-4-6-12(11)10(9)2;;/h3-8H,2H2,1H3;1H;/q-1;;+2/p-1. The van der Waals surface area contributed by atoms with E-state index in [-0.39, 0.29) is 0 Å². The van der Waals surface area contributed by atoms with Crippen LogP contribution in [-0.2, 0) is 17.3 Å². The molecule has 0 saturated carbocycles. The van der Waals surface area contributed by atoms with Crippen LogP contribution in [0.15, 0.2) is 36.4 Å². The van der Waals surface area contributed by atoms with E-state index >= 15 is 0 Å². The van der Waals surface area contributed by atoms with Gasteiger partial charge in [-0.05, 0) is 0 Å². The van der Waals surface area contributed by atoms with Gasteiger partial charge in [0.1, 0.15) is 0 Å². The zero-order valence-corrected chi connectivity index (χ0v) is 12.0. The summed E-state index contributed by atoms with van der Waals surface area (Å²) in [5.74, 6) is 0. The van der Waals surface area contributed by atoms with E-state index in [1.807, 2.05) is 0 Å². The van der Waals surface area contributed by atoms with Crippen LogP contribution in [0.4, 0.5) is 0 Å². The molecule has 68 valence electrons. The number of hydrogen-bond acceptors (Lipinski definition) is 0. The third kappa shape index (κ3) is 2.29. The van der Waals surface area contributed by atoms with Gasteiger partial charge in [0.05, 0.1) is 0 Å². The average molecular weight is 256 g/mol. The Kier molecular flexibility index (Phi) is 4.45. The van der Waals surface area contributed by atoms with Crippen molar-refractivity contribution in [1.29, 1.82) is 0 Å². The summed E-state index contributed by atoms with van der Waals surface area (Å²) in [4.78, 5) is 0. The van der Waals surface area contributed by atoms with E-state index in [9.17, 15) is 0 Å². The van der Waals surface area contributed by atoms with Crippen LogP contribution in [0.3, 0.4) is 0 Å². The van der Waals surface area contributed by atoms with E-state index in [0.717, 1.165) is 22.9 Å². The van der Waals surface area contributed by atoms with Crippen LogP contribution in [-0.4, -0.2) is 0 Å². The van der Waals surface area contributed by atoms with E-state index in [4.69, 9.17) is 9.69 Å². The molecule has 0 amide bonds. The normalized spacial score (nSPS) is 9.43. The maximum absolute atomic E-state index is 4.76. The van der Waals surface area contributed by atoms with Gasteiger partial charge in [0.15, 0.2) is 0 Å². The van der Waals surface area contributed by atoms with Crippen LogP contribution in [0.1, 0.15) is 11.1 Å². The monoisotopic (exact) mass is 254 g/mol. The molecule has 0 atom stereocenters. The van der Waals surface area contributed by atoms with Gasteiger partial charge >= 0.3 is 27.0 Å². The van der Waals surface area contributed by atoms with Crippen LogP contribution >= 0.6 is 9.69 Å². The van der Waals surface area contributed by atoms with Crippen molar-refractivity contribution in [2.75, 3.05) is 0 Å². The van der Waals surface area contributed by atoms with Gasteiger partial charge in [-0.15, -0.1) is 17.5 Å². The fourth-order valence-corrected chi connectivity index (χ4v) is 1.44. The van der Waals surface area contributed by atoms with Gasteiger partial charge in [-0.2, -0.15) is 18.1 Å². The summed E-state index contributed by atoms with van der Waals surface area (Å²) < 4.78 is 0. The van der Waals surface area contributed by atoms with E-state index < -0.39 is 0 Å². The van der Waals surface area contributed by atoms with Crippen LogP contribution < -0.4 is 0 Å². The Morgan fingerprint density at radius 3 is 2.43 bits per heavy atom. The molecule has 0 fully saturated rings. The number of aryl methyl sites for hydroxylation is 1. The maximum atomic E-state index is 4.76. The molecule has 2 aromatic rings. The SMILES string of the molecule is [CH2-]c1c(C)ccc2ccccc12.[Cl][Zn+]. The first-order valence-corrected chi connectivity index (χ1v) is 8.26. The summed E-state index contributed by atoms with van der Waals surface area (Å²) in [6.07, 6.45) is 0. The summed E-state index contributed by atoms with van der Waals surface area (Å²) in [7, 11) is 4.76. The Balaban J connectivity index is 0.000000461. The Morgan fingerprint density at radius 2 is 1.71 bits per heavy atom. The predicted octanol–water partition coefficient (Wildman–Crippen LogP) is 4.02. The molecular weight excluding hydrogens is 245 g/mol. The zero-order chi connectivity index (χ0) is 10.6. The number of hydrogen-bond donors (Lipinski definition) is 0. The minimum atomic E-state index is 0.847. The van der Waals surface area contributed by atoms with Crippen molar-refractivity contribution in [3.05, 3.63) is 54.4 Å². The Morgan fingerprint density at radius 1 is 1.07 bits per heavy atom. The van der Waals surface area contributed by atoms with E-state index in [1.165, 1.54) is 16.3 Å². The average Bonchev–Trinajstić information content (AvgIpc) is 2.27. The van der Waals surface area contributed by atoms with Crippen molar-refractivity contribution in [2.24, 2.45) is 0 Å². The first kappa shape index (κ1) is 11.6. The molecule has 0 aliphatic carbocycles. The molecule has 0 heterocycles. The van der Waals surface area contributed by atoms with E-state index in [1.54, 1.807) is 0 Å². The van der Waals surface area contributed by atoms with E-state index in [0.29, 0.717) is 0 Å². The van der Waals surface area contributed by atoms with Crippen molar-refractivity contribution < 1.29 is 17.3 Å². The molecule has 0 N–H and O–H groups in total. The quantitative estimate of drug-likeness (QED) is 0.493. The minimum absolute atomic E-state index is 0.847. The summed E-state index contributed by atoms with van der Waals surface area (Å²) in [6.45, 7) is 6.14. The number of benzene rings is 2. The summed E-state index contributed by atoms with van der Waals surface area (Å²) in [5, 5.41) is 2.53. The molecule has 0 nitrogen and oxygen atoms in total. The zero-order valence-electron chi connectivity index (χ0n) is 8.26. The molecule has 0 unspecified atom stereocenters. The molecule has 0 aliphatic heterocycles. The van der Waals surface area contributed by atoms with Gasteiger partial charge in [0.2, 0.25) is 0 Å². The summed E-state index contributed by atoms with van der Waals surface area (Å²) in [5.41, 5.74) is 2.40. The molecule has 2 heteroatoms. The predicted molar refractivity (Wildman–Crippen MR) is 59.0 cm³/mol. The van der Waals surface area contributed by atoms with Crippen molar-refractivity contribution in [2.45, 2.75) is 6.92 Å². The molecule has 2 aromatic carbocycles. The number of halogens is 1. The Bertz CT molecular complexity index is 424. The van der Waals surface area contributed by atoms with Gasteiger partial charge in [0.25, 0.3) is 0 Å². The van der Waals surface area contributed by atoms with Gasteiger partial charge in [-0.25, -0.2) is 0 Å². The molecule has 0 aromatic heterocycles. The Labute approximate surface area is 99.0 Å². The van der Waals surface area contributed by atoms with Crippen LogP contribution in [0.2, 0.25) is 0 Å². The fourth-order valence-electron chi connectivity index (χ4n) is 1.44. The van der Waals surface area contributed by atoms with E-state index in [2.05, 4.69) is 50.2 Å². The fraction of sp³-hybridized carbons (Fsp3) is 0.0833. The molecule has 0 spiro atoms. The topological polar surface area (TPSA) is 0 Å². The van der Waals surface area contributed by atoms with Gasteiger partial charge in [-0.3, -0.25) is 0 Å². The van der Waals surface area contributed by atoms with Crippen LogP contribution in [0.5, 0.6) is 0 Å². The number of fused-ring (bicyclic) bond motifs is 1. The third-order valence-corrected chi connectivity index (χ3v) is 2.27. The Hall–Kier alpha value is -0.517. The summed E-state index contributed by atoms with van der Waals surface area (Å²) >= 11 is 0.847. The van der Waals surface area contributed by atoms with Crippen molar-refractivity contribution in [3.63, 3.8) is 0 Å². The molecule has 0 aliphatic rings. The third-order valence-electron chi connectivity index (χ3n) is 2.27. The molecule has 0 radical (unpaired) electrons. The summed E-state index contributed by atoms with van der Waals surface area (Å²) in [6, 6.07) is 12.6. The van der Waals surface area contributed by atoms with Crippen molar-refractivity contribution in [1.82, 2.24) is 0 Å². The molecule has 0 saturated heterocycles. The molecule has 0 bridgehead atoms. The number of rotatable bonds is 0. The van der Waals surface area contributed by atoms with Gasteiger partial charge in [0, 0.05) is 0 Å². The van der Waals surface area contributed by atoms with Crippen LogP contribution in [0.25, 0.3) is 10.8 Å². The van der Waals surface area contributed by atoms with Crippen LogP contribution in [0, 0.1) is 13.8 Å². The molecule has 14 heavy (non-hydrogen) atoms. The van der Waals surface area contributed by atoms with Gasteiger partial charge < -0.3 is 0 Å². The second kappa shape index (κ2) is 5.39. The van der Waals surface area contributed by atoms with Crippen molar-refractivity contribution >= 4 is 20.5 Å². The van der Waals surface area contributed by atoms with Gasteiger partial charge in [-0.1, -0.05) is 36.6 Å².